The fourth-order valence-corrected chi connectivity index (χ4v) is 3.80. The van der Waals surface area contributed by atoms with Crippen LogP contribution in [0, 0.1) is 10.8 Å². The van der Waals surface area contributed by atoms with E-state index in [-0.39, 0.29) is 10.8 Å². The normalized spacial score (nSPS) is 25.5. The molecule has 1 fully saturated rings. The van der Waals surface area contributed by atoms with Crippen LogP contribution < -0.4 is 0 Å². The molecule has 1 atom stereocenters. The first-order chi connectivity index (χ1) is 12.8. The van der Waals surface area contributed by atoms with E-state index in [9.17, 15) is 0 Å². The molecule has 1 nitrogen and oxygen atoms in total. The minimum Gasteiger partial charge on any atom is -0.316 e. The van der Waals surface area contributed by atoms with E-state index in [1.807, 2.05) is 12.2 Å². The number of hydrogen-bond donors (Lipinski definition) is 0. The molecule has 0 bridgehead atoms. The van der Waals surface area contributed by atoms with Gasteiger partial charge in [-0.05, 0) is 13.8 Å². The average molecular weight is 365 g/mol. The molecule has 0 aromatic rings. The molecule has 1 heteroatoms. The van der Waals surface area contributed by atoms with E-state index < -0.39 is 0 Å². The summed E-state index contributed by atoms with van der Waals surface area (Å²) in [4.78, 5) is 0. The van der Waals surface area contributed by atoms with Crippen molar-refractivity contribution < 1.29 is 4.48 Å². The monoisotopic (exact) mass is 364 g/mol. The lowest BCUT2D eigenvalue weighted by Gasteiger charge is -2.35. The third kappa shape index (κ3) is 6.07. The van der Waals surface area contributed by atoms with Gasteiger partial charge in [-0.2, -0.15) is 0 Å². The molecule has 2 rings (SSSR count). The molecule has 1 heterocycles. The first-order valence-electron chi connectivity index (χ1n) is 10.3. The summed E-state index contributed by atoms with van der Waals surface area (Å²) >= 11 is 0. The Kier molecular flexibility index (Phi) is 7.06. The van der Waals surface area contributed by atoms with Crippen LogP contribution in [0.2, 0.25) is 0 Å². The maximum absolute atomic E-state index is 3.99. The Balaban J connectivity index is 2.17. The summed E-state index contributed by atoms with van der Waals surface area (Å²) in [6.07, 6.45) is 24.9. The van der Waals surface area contributed by atoms with E-state index in [2.05, 4.69) is 89.5 Å². The Morgan fingerprint density at radius 3 is 2.52 bits per heavy atom. The smallest absolute Gasteiger partial charge is 0.105 e. The molecule has 0 aromatic carbocycles. The lowest BCUT2D eigenvalue weighted by atomic mass is 9.90. The van der Waals surface area contributed by atoms with Gasteiger partial charge in [-0.15, -0.1) is 13.2 Å². The summed E-state index contributed by atoms with van der Waals surface area (Å²) in [5.41, 5.74) is 2.85. The second kappa shape index (κ2) is 8.89. The van der Waals surface area contributed by atoms with Gasteiger partial charge in [0.05, 0.1) is 13.1 Å². The summed E-state index contributed by atoms with van der Waals surface area (Å²) in [5.74, 6) is 0. The molecule has 146 valence electrons. The molecule has 0 spiro atoms. The summed E-state index contributed by atoms with van der Waals surface area (Å²) in [6.45, 7) is 21.5. The summed E-state index contributed by atoms with van der Waals surface area (Å²) in [5, 5.41) is 0. The third-order valence-corrected chi connectivity index (χ3v) is 6.04. The van der Waals surface area contributed by atoms with Crippen LogP contribution in [0.25, 0.3) is 0 Å². The van der Waals surface area contributed by atoms with E-state index in [1.54, 1.807) is 0 Å². The number of hydrogen-bond acceptors (Lipinski definition) is 0. The van der Waals surface area contributed by atoms with Gasteiger partial charge in [-0.25, -0.2) is 0 Å². The van der Waals surface area contributed by atoms with Gasteiger partial charge in [0.2, 0.25) is 0 Å². The Hall–Kier alpha value is -1.86. The Labute approximate surface area is 167 Å². The van der Waals surface area contributed by atoms with Gasteiger partial charge in [0, 0.05) is 34.8 Å². The standard InChI is InChI=1S/C26H38N/c1-7-23(14-17-25(4,5)8-2)21-27(19-10-11-20-27)22-24-13-12-16-26(6,9-3)18-15-24/h7-9,12-18H,2-3,10-11,19-22H2,1,4-6H3/q+1/b17-14-,23-7+. The average Bonchev–Trinajstić information content (AvgIpc) is 3.02. The summed E-state index contributed by atoms with van der Waals surface area (Å²) in [7, 11) is 0. The van der Waals surface area contributed by atoms with Crippen molar-refractivity contribution >= 4 is 0 Å². The molecule has 1 unspecified atom stereocenters. The maximum atomic E-state index is 3.99. The molecule has 0 N–H and O–H groups in total. The molecule has 27 heavy (non-hydrogen) atoms. The lowest BCUT2D eigenvalue weighted by Crippen LogP contribution is -2.47. The zero-order valence-electron chi connectivity index (χ0n) is 17.9. The predicted octanol–water partition coefficient (Wildman–Crippen LogP) is 6.56. The fourth-order valence-electron chi connectivity index (χ4n) is 3.80. The lowest BCUT2D eigenvalue weighted by molar-refractivity contribution is -0.907. The molecular weight excluding hydrogens is 326 g/mol. The highest BCUT2D eigenvalue weighted by molar-refractivity contribution is 5.34. The molecule has 1 saturated heterocycles. The van der Waals surface area contributed by atoms with E-state index in [1.165, 1.54) is 37.1 Å². The second-order valence-electron chi connectivity index (χ2n) is 9.04. The van der Waals surface area contributed by atoms with E-state index >= 15 is 0 Å². The molecule has 1 aliphatic heterocycles. The van der Waals surface area contributed by atoms with Crippen molar-refractivity contribution in [3.8, 4) is 0 Å². The van der Waals surface area contributed by atoms with Gasteiger partial charge in [-0.3, -0.25) is 0 Å². The zero-order valence-corrected chi connectivity index (χ0v) is 17.9. The van der Waals surface area contributed by atoms with Crippen LogP contribution >= 0.6 is 0 Å². The van der Waals surface area contributed by atoms with Gasteiger partial charge in [0.25, 0.3) is 0 Å². The fraction of sp³-hybridized carbons (Fsp3) is 0.462. The quantitative estimate of drug-likeness (QED) is 0.260. The summed E-state index contributed by atoms with van der Waals surface area (Å²) in [6, 6.07) is 0. The molecule has 0 radical (unpaired) electrons. The Morgan fingerprint density at radius 2 is 1.93 bits per heavy atom. The van der Waals surface area contributed by atoms with Gasteiger partial charge in [0.1, 0.15) is 13.1 Å². The van der Waals surface area contributed by atoms with Crippen molar-refractivity contribution in [1.29, 1.82) is 0 Å². The molecule has 0 aromatic heterocycles. The van der Waals surface area contributed by atoms with E-state index in [4.69, 9.17) is 0 Å². The highest BCUT2D eigenvalue weighted by atomic mass is 15.4. The highest BCUT2D eigenvalue weighted by Crippen LogP contribution is 2.29. The van der Waals surface area contributed by atoms with Crippen molar-refractivity contribution in [2.45, 2.75) is 40.5 Å². The first-order valence-corrected chi connectivity index (χ1v) is 10.3. The Morgan fingerprint density at radius 1 is 1.22 bits per heavy atom. The van der Waals surface area contributed by atoms with Crippen LogP contribution in [-0.4, -0.2) is 30.7 Å². The number of quaternary nitrogens is 1. The minimum absolute atomic E-state index is 0.0383. The number of nitrogens with zero attached hydrogens (tertiary/aromatic N) is 1. The van der Waals surface area contributed by atoms with Crippen molar-refractivity contribution in [2.75, 3.05) is 26.2 Å². The molecule has 2 aliphatic rings. The van der Waals surface area contributed by atoms with Crippen LogP contribution in [0.1, 0.15) is 40.5 Å². The maximum Gasteiger partial charge on any atom is 0.105 e. The van der Waals surface area contributed by atoms with Crippen LogP contribution in [0.5, 0.6) is 0 Å². The second-order valence-corrected chi connectivity index (χ2v) is 9.04. The van der Waals surface area contributed by atoms with Crippen molar-refractivity contribution in [2.24, 2.45) is 10.8 Å². The number of allylic oxidation sites excluding steroid dienone is 8. The van der Waals surface area contributed by atoms with Crippen LogP contribution in [0.15, 0.2) is 85.1 Å². The van der Waals surface area contributed by atoms with Gasteiger partial charge in [0.15, 0.2) is 0 Å². The number of rotatable bonds is 8. The SMILES string of the molecule is C=CC1(C)C=CC=C(C[N+]2(CC(/C=C\C(C)(C)C=C)=C/C)CCCC2)C=C1. The minimum atomic E-state index is -0.0401. The van der Waals surface area contributed by atoms with Crippen molar-refractivity contribution in [1.82, 2.24) is 0 Å². The predicted molar refractivity (Wildman–Crippen MR) is 121 cm³/mol. The molecule has 1 aliphatic carbocycles. The van der Waals surface area contributed by atoms with Crippen molar-refractivity contribution in [3.63, 3.8) is 0 Å². The van der Waals surface area contributed by atoms with E-state index in [0.29, 0.717) is 0 Å². The first kappa shape index (κ1) is 21.4. The summed E-state index contributed by atoms with van der Waals surface area (Å²) < 4.78 is 1.16. The van der Waals surface area contributed by atoms with Crippen molar-refractivity contribution in [3.05, 3.63) is 85.1 Å². The topological polar surface area (TPSA) is 0 Å². The van der Waals surface area contributed by atoms with Crippen LogP contribution in [-0.2, 0) is 0 Å². The molecule has 0 saturated carbocycles. The van der Waals surface area contributed by atoms with Gasteiger partial charge < -0.3 is 4.48 Å². The Bertz CT molecular complexity index is 690. The third-order valence-electron chi connectivity index (χ3n) is 6.04. The molecular formula is C26H38N+. The number of likely N-dealkylation sites (tertiary alicyclic amines) is 1. The highest BCUT2D eigenvalue weighted by Gasteiger charge is 2.33. The van der Waals surface area contributed by atoms with Crippen LogP contribution in [0.3, 0.4) is 0 Å². The molecule has 0 amide bonds. The largest absolute Gasteiger partial charge is 0.316 e. The van der Waals surface area contributed by atoms with Crippen LogP contribution in [0.4, 0.5) is 0 Å². The van der Waals surface area contributed by atoms with Gasteiger partial charge in [-0.1, -0.05) is 74.6 Å². The van der Waals surface area contributed by atoms with Gasteiger partial charge >= 0.3 is 0 Å². The van der Waals surface area contributed by atoms with E-state index in [0.717, 1.165) is 17.6 Å². The zero-order chi connectivity index (χ0) is 20.0.